The van der Waals surface area contributed by atoms with Crippen molar-refractivity contribution in [3.63, 3.8) is 0 Å². The lowest BCUT2D eigenvalue weighted by molar-refractivity contribution is -0.114. The predicted octanol–water partition coefficient (Wildman–Crippen LogP) is 5.24. The SMILES string of the molecule is O=C(CN(c1ccccc1)S(=O)(=O)c1ccc(Cl)cc1)Nc1ccccc1C(=O)NC1CCCCC1. The molecule has 188 valence electrons. The van der Waals surface area contributed by atoms with E-state index in [9.17, 15) is 18.0 Å². The first-order valence-corrected chi connectivity index (χ1v) is 13.7. The van der Waals surface area contributed by atoms with E-state index in [1.54, 1.807) is 54.6 Å². The molecular formula is C27H28ClN3O4S. The second-order valence-electron chi connectivity index (χ2n) is 8.70. The number of carbonyl (C=O) groups excluding carboxylic acids is 2. The standard InChI is InChI=1S/C27H28ClN3O4S/c28-20-15-17-23(18-16-20)36(34,35)31(22-11-5-2-6-12-22)19-26(32)30-25-14-8-7-13-24(25)27(33)29-21-9-3-1-4-10-21/h2,5-8,11-18,21H,1,3-4,9-10,19H2,(H,29,33)(H,30,32). The Morgan fingerprint density at radius 1 is 0.861 bits per heavy atom. The van der Waals surface area contributed by atoms with Crippen LogP contribution in [0, 0.1) is 0 Å². The maximum Gasteiger partial charge on any atom is 0.264 e. The minimum atomic E-state index is -4.07. The quantitative estimate of drug-likeness (QED) is 0.420. The first kappa shape index (κ1) is 25.7. The number of rotatable bonds is 8. The Morgan fingerprint density at radius 2 is 1.50 bits per heavy atom. The molecule has 2 N–H and O–H groups in total. The first-order valence-electron chi connectivity index (χ1n) is 11.9. The fourth-order valence-electron chi connectivity index (χ4n) is 4.26. The molecule has 4 rings (SSSR count). The fraction of sp³-hybridized carbons (Fsp3) is 0.259. The van der Waals surface area contributed by atoms with E-state index in [-0.39, 0.29) is 16.8 Å². The monoisotopic (exact) mass is 525 g/mol. The molecule has 1 aliphatic rings. The Bertz CT molecular complexity index is 1310. The molecule has 1 saturated carbocycles. The van der Waals surface area contributed by atoms with E-state index in [0.717, 1.165) is 30.0 Å². The lowest BCUT2D eigenvalue weighted by Gasteiger charge is -2.25. The third-order valence-corrected chi connectivity index (χ3v) is 8.16. The van der Waals surface area contributed by atoms with Crippen molar-refractivity contribution < 1.29 is 18.0 Å². The van der Waals surface area contributed by atoms with Gasteiger partial charge in [-0.3, -0.25) is 13.9 Å². The van der Waals surface area contributed by atoms with Gasteiger partial charge >= 0.3 is 0 Å². The van der Waals surface area contributed by atoms with E-state index >= 15 is 0 Å². The van der Waals surface area contributed by atoms with Gasteiger partial charge in [0.15, 0.2) is 0 Å². The molecule has 36 heavy (non-hydrogen) atoms. The summed E-state index contributed by atoms with van der Waals surface area (Å²) in [6.07, 6.45) is 5.22. The third-order valence-electron chi connectivity index (χ3n) is 6.12. The summed E-state index contributed by atoms with van der Waals surface area (Å²) in [6.45, 7) is -0.479. The van der Waals surface area contributed by atoms with Gasteiger partial charge in [-0.2, -0.15) is 0 Å². The molecule has 0 heterocycles. The first-order chi connectivity index (χ1) is 17.3. The highest BCUT2D eigenvalue weighted by Crippen LogP contribution is 2.25. The van der Waals surface area contributed by atoms with Crippen LogP contribution in [0.2, 0.25) is 5.02 Å². The molecule has 0 aromatic heterocycles. The Kier molecular flexibility index (Phi) is 8.28. The van der Waals surface area contributed by atoms with E-state index in [0.29, 0.717) is 22.0 Å². The zero-order valence-electron chi connectivity index (χ0n) is 19.7. The van der Waals surface area contributed by atoms with Gasteiger partial charge in [-0.05, 0) is 61.4 Å². The maximum absolute atomic E-state index is 13.5. The van der Waals surface area contributed by atoms with Crippen molar-refractivity contribution in [3.8, 4) is 0 Å². The van der Waals surface area contributed by atoms with Crippen LogP contribution in [0.25, 0.3) is 0 Å². The molecule has 0 saturated heterocycles. The molecule has 0 spiro atoms. The number of sulfonamides is 1. The van der Waals surface area contributed by atoms with Crippen LogP contribution < -0.4 is 14.9 Å². The summed E-state index contributed by atoms with van der Waals surface area (Å²) in [4.78, 5) is 26.1. The Balaban J connectivity index is 1.55. The summed E-state index contributed by atoms with van der Waals surface area (Å²) in [7, 11) is -4.07. The molecule has 9 heteroatoms. The zero-order chi connectivity index (χ0) is 25.5. The smallest absolute Gasteiger partial charge is 0.264 e. The van der Waals surface area contributed by atoms with Gasteiger partial charge in [-0.15, -0.1) is 0 Å². The zero-order valence-corrected chi connectivity index (χ0v) is 21.3. The number of anilines is 2. The molecule has 0 atom stereocenters. The Hall–Kier alpha value is -3.36. The van der Waals surface area contributed by atoms with Crippen molar-refractivity contribution in [1.82, 2.24) is 5.32 Å². The van der Waals surface area contributed by atoms with Gasteiger partial charge in [0, 0.05) is 11.1 Å². The minimum Gasteiger partial charge on any atom is -0.349 e. The highest BCUT2D eigenvalue weighted by atomic mass is 35.5. The van der Waals surface area contributed by atoms with Gasteiger partial charge in [-0.1, -0.05) is 61.2 Å². The lowest BCUT2D eigenvalue weighted by Crippen LogP contribution is -2.39. The van der Waals surface area contributed by atoms with E-state index in [4.69, 9.17) is 11.6 Å². The van der Waals surface area contributed by atoms with Crippen molar-refractivity contribution in [3.05, 3.63) is 89.4 Å². The summed E-state index contributed by atoms with van der Waals surface area (Å²) in [6, 6.07) is 21.0. The largest absolute Gasteiger partial charge is 0.349 e. The van der Waals surface area contributed by atoms with Crippen molar-refractivity contribution in [1.29, 1.82) is 0 Å². The molecule has 7 nitrogen and oxygen atoms in total. The number of halogens is 1. The van der Waals surface area contributed by atoms with Gasteiger partial charge in [-0.25, -0.2) is 8.42 Å². The topological polar surface area (TPSA) is 95.6 Å². The number of amides is 2. The summed E-state index contributed by atoms with van der Waals surface area (Å²) < 4.78 is 28.0. The number of nitrogens with one attached hydrogen (secondary N) is 2. The van der Waals surface area contributed by atoms with E-state index in [1.165, 1.54) is 30.7 Å². The number of nitrogens with zero attached hydrogens (tertiary/aromatic N) is 1. The number of hydrogen-bond acceptors (Lipinski definition) is 4. The molecule has 1 fully saturated rings. The van der Waals surface area contributed by atoms with Gasteiger partial charge in [0.1, 0.15) is 6.54 Å². The average Bonchev–Trinajstić information content (AvgIpc) is 2.89. The second-order valence-corrected chi connectivity index (χ2v) is 11.0. The summed E-state index contributed by atoms with van der Waals surface area (Å²) >= 11 is 5.93. The molecule has 0 radical (unpaired) electrons. The van der Waals surface area contributed by atoms with E-state index in [1.807, 2.05) is 0 Å². The van der Waals surface area contributed by atoms with Crippen LogP contribution in [0.15, 0.2) is 83.8 Å². The van der Waals surface area contributed by atoms with Crippen molar-refractivity contribution in [2.45, 2.75) is 43.0 Å². The van der Waals surface area contributed by atoms with Crippen molar-refractivity contribution in [2.24, 2.45) is 0 Å². The molecule has 0 unspecified atom stereocenters. The molecule has 2 amide bonds. The molecular weight excluding hydrogens is 498 g/mol. The predicted molar refractivity (Wildman–Crippen MR) is 142 cm³/mol. The van der Waals surface area contributed by atoms with Crippen molar-refractivity contribution in [2.75, 3.05) is 16.2 Å². The van der Waals surface area contributed by atoms with Gasteiger partial charge in [0.25, 0.3) is 15.9 Å². The van der Waals surface area contributed by atoms with Crippen molar-refractivity contribution >= 4 is 44.8 Å². The van der Waals surface area contributed by atoms with Crippen LogP contribution in [0.4, 0.5) is 11.4 Å². The van der Waals surface area contributed by atoms with Crippen LogP contribution >= 0.6 is 11.6 Å². The number of benzene rings is 3. The Labute approximate surface area is 216 Å². The number of carbonyl (C=O) groups is 2. The molecule has 3 aromatic rings. The Morgan fingerprint density at radius 3 is 2.19 bits per heavy atom. The second kappa shape index (κ2) is 11.6. The number of hydrogen-bond donors (Lipinski definition) is 2. The summed E-state index contributed by atoms with van der Waals surface area (Å²) in [5.74, 6) is -0.833. The molecule has 0 aliphatic heterocycles. The van der Waals surface area contributed by atoms with Crippen LogP contribution in [0.5, 0.6) is 0 Å². The minimum absolute atomic E-state index is 0.0100. The van der Waals surface area contributed by atoms with Gasteiger partial charge in [0.05, 0.1) is 21.8 Å². The molecule has 3 aromatic carbocycles. The highest BCUT2D eigenvalue weighted by molar-refractivity contribution is 7.92. The highest BCUT2D eigenvalue weighted by Gasteiger charge is 2.28. The molecule has 0 bridgehead atoms. The van der Waals surface area contributed by atoms with Crippen LogP contribution in [0.1, 0.15) is 42.5 Å². The summed E-state index contributed by atoms with van der Waals surface area (Å²) in [5.41, 5.74) is 1.00. The van der Waals surface area contributed by atoms with Gasteiger partial charge < -0.3 is 10.6 Å². The van der Waals surface area contributed by atoms with Crippen LogP contribution in [-0.4, -0.2) is 32.8 Å². The average molecular weight is 526 g/mol. The van der Waals surface area contributed by atoms with E-state index < -0.39 is 22.5 Å². The van der Waals surface area contributed by atoms with Crippen LogP contribution in [0.3, 0.4) is 0 Å². The third kappa shape index (κ3) is 6.25. The summed E-state index contributed by atoms with van der Waals surface area (Å²) in [5, 5.41) is 6.20. The number of para-hydroxylation sites is 2. The maximum atomic E-state index is 13.5. The van der Waals surface area contributed by atoms with E-state index in [2.05, 4.69) is 10.6 Å². The lowest BCUT2D eigenvalue weighted by atomic mass is 9.95. The normalized spacial score (nSPS) is 14.1. The fourth-order valence-corrected chi connectivity index (χ4v) is 5.81. The molecule has 1 aliphatic carbocycles. The van der Waals surface area contributed by atoms with Crippen LogP contribution in [-0.2, 0) is 14.8 Å². The van der Waals surface area contributed by atoms with Gasteiger partial charge in [0.2, 0.25) is 5.91 Å².